The Bertz CT molecular complexity index is 596. The number of alkyl halides is 3. The summed E-state index contributed by atoms with van der Waals surface area (Å²) >= 11 is 0. The third-order valence-corrected chi connectivity index (χ3v) is 5.42. The second kappa shape index (κ2) is 8.18. The molecule has 1 atom stereocenters. The van der Waals surface area contributed by atoms with Crippen molar-refractivity contribution in [2.24, 2.45) is 5.73 Å². The van der Waals surface area contributed by atoms with Crippen LogP contribution in [0.5, 0.6) is 0 Å². The van der Waals surface area contributed by atoms with Crippen LogP contribution in [0.25, 0.3) is 0 Å². The number of nitrogens with zero attached hydrogens (tertiary/aromatic N) is 1. The zero-order valence-electron chi connectivity index (χ0n) is 13.8. The molecule has 5 nitrogen and oxygen atoms in total. The summed E-state index contributed by atoms with van der Waals surface area (Å²) in [5, 5.41) is 0. The van der Waals surface area contributed by atoms with Gasteiger partial charge in [-0.1, -0.05) is 12.1 Å². The zero-order chi connectivity index (χ0) is 18.7. The van der Waals surface area contributed by atoms with Crippen LogP contribution < -0.4 is 5.73 Å². The van der Waals surface area contributed by atoms with Crippen molar-refractivity contribution in [3.8, 4) is 0 Å². The molecular formula is C16H24F3N2O3P. The summed E-state index contributed by atoms with van der Waals surface area (Å²) in [6, 6.07) is 5.05. The average molecular weight is 380 g/mol. The minimum Gasteiger partial charge on any atom is -0.327 e. The van der Waals surface area contributed by atoms with Crippen molar-refractivity contribution < 1.29 is 27.5 Å². The number of hydrogen-bond donors (Lipinski definition) is 3. The number of benzene rings is 1. The minimum atomic E-state index is -4.31. The summed E-state index contributed by atoms with van der Waals surface area (Å²) in [4.78, 5) is 19.9. The molecule has 1 heterocycles. The summed E-state index contributed by atoms with van der Waals surface area (Å²) in [5.74, 6) is 0.227. The molecule has 0 unspecified atom stereocenters. The van der Waals surface area contributed by atoms with Crippen LogP contribution in [0, 0.1) is 0 Å². The average Bonchev–Trinajstić information content (AvgIpc) is 2.52. The molecule has 1 saturated heterocycles. The molecule has 2 rings (SSSR count). The topological polar surface area (TPSA) is 86.8 Å². The molecule has 1 aromatic rings. The highest BCUT2D eigenvalue weighted by Gasteiger charge is 2.30. The Morgan fingerprint density at radius 3 is 2.24 bits per heavy atom. The van der Waals surface area contributed by atoms with E-state index in [-0.39, 0.29) is 24.5 Å². The molecule has 0 amide bonds. The van der Waals surface area contributed by atoms with Gasteiger partial charge in [0, 0.05) is 12.6 Å². The van der Waals surface area contributed by atoms with Gasteiger partial charge in [0.1, 0.15) is 0 Å². The zero-order valence-corrected chi connectivity index (χ0v) is 14.7. The van der Waals surface area contributed by atoms with E-state index < -0.39 is 19.3 Å². The van der Waals surface area contributed by atoms with Crippen molar-refractivity contribution in [3.05, 3.63) is 35.4 Å². The molecule has 25 heavy (non-hydrogen) atoms. The maximum atomic E-state index is 12.6. The molecule has 1 fully saturated rings. The first-order chi connectivity index (χ1) is 11.5. The molecule has 0 saturated carbocycles. The molecule has 1 aromatic carbocycles. The van der Waals surface area contributed by atoms with Crippen LogP contribution in [0.3, 0.4) is 0 Å². The van der Waals surface area contributed by atoms with Gasteiger partial charge < -0.3 is 20.4 Å². The highest BCUT2D eigenvalue weighted by Crippen LogP contribution is 2.35. The summed E-state index contributed by atoms with van der Waals surface area (Å²) in [6.07, 6.45) is -2.60. The molecule has 0 aliphatic carbocycles. The Labute approximate surface area is 145 Å². The van der Waals surface area contributed by atoms with Crippen LogP contribution >= 0.6 is 7.60 Å². The van der Waals surface area contributed by atoms with Crippen molar-refractivity contribution in [3.63, 3.8) is 0 Å². The molecule has 0 spiro atoms. The first kappa shape index (κ1) is 20.4. The quantitative estimate of drug-likeness (QED) is 0.661. The van der Waals surface area contributed by atoms with Crippen LogP contribution in [-0.2, 0) is 10.7 Å². The Morgan fingerprint density at radius 1 is 1.20 bits per heavy atom. The summed E-state index contributed by atoms with van der Waals surface area (Å²) in [5.41, 5.74) is 6.20. The van der Waals surface area contributed by atoms with E-state index >= 15 is 0 Å². The number of likely N-dealkylation sites (tertiary alicyclic amines) is 1. The van der Waals surface area contributed by atoms with Crippen LogP contribution in [0.15, 0.2) is 24.3 Å². The molecule has 1 aliphatic rings. The smallest absolute Gasteiger partial charge is 0.327 e. The lowest BCUT2D eigenvalue weighted by atomic mass is 9.89. The lowest BCUT2D eigenvalue weighted by Crippen LogP contribution is -2.42. The summed E-state index contributed by atoms with van der Waals surface area (Å²) in [6.45, 7) is 2.12. The molecule has 0 bridgehead atoms. The molecule has 0 aromatic heterocycles. The molecule has 142 valence electrons. The lowest BCUT2D eigenvalue weighted by molar-refractivity contribution is -0.137. The Kier molecular flexibility index (Phi) is 6.68. The van der Waals surface area contributed by atoms with Crippen LogP contribution in [0.1, 0.15) is 36.3 Å². The van der Waals surface area contributed by atoms with Gasteiger partial charge in [0.15, 0.2) is 0 Å². The van der Waals surface area contributed by atoms with E-state index in [9.17, 15) is 17.7 Å². The Balaban J connectivity index is 1.80. The highest BCUT2D eigenvalue weighted by molar-refractivity contribution is 7.51. The number of nitrogens with two attached hydrogens (primary N) is 1. The molecule has 1 aliphatic heterocycles. The van der Waals surface area contributed by atoms with E-state index in [0.717, 1.165) is 43.6 Å². The maximum Gasteiger partial charge on any atom is 0.416 e. The van der Waals surface area contributed by atoms with Gasteiger partial charge in [0.25, 0.3) is 0 Å². The van der Waals surface area contributed by atoms with Crippen molar-refractivity contribution in [1.82, 2.24) is 4.90 Å². The SMILES string of the molecule is N[C@@H](CCP(=O)(O)O)CN1CCC(c2ccc(C(F)(F)F)cc2)CC1. The Hall–Kier alpha value is -0.920. The van der Waals surface area contributed by atoms with E-state index in [0.29, 0.717) is 6.54 Å². The van der Waals surface area contributed by atoms with Crippen molar-refractivity contribution >= 4 is 7.60 Å². The number of rotatable bonds is 6. The molecule has 9 heteroatoms. The van der Waals surface area contributed by atoms with Crippen LogP contribution in [-0.4, -0.2) is 46.5 Å². The van der Waals surface area contributed by atoms with Gasteiger partial charge in [-0.2, -0.15) is 13.2 Å². The van der Waals surface area contributed by atoms with Gasteiger partial charge >= 0.3 is 13.8 Å². The van der Waals surface area contributed by atoms with Gasteiger partial charge in [-0.05, 0) is 56.0 Å². The molecule has 4 N–H and O–H groups in total. The summed E-state index contributed by atoms with van der Waals surface area (Å²) in [7, 11) is -4.02. The third kappa shape index (κ3) is 6.72. The number of piperidine rings is 1. The van der Waals surface area contributed by atoms with Gasteiger partial charge in [0.05, 0.1) is 11.7 Å². The van der Waals surface area contributed by atoms with Gasteiger partial charge in [0.2, 0.25) is 0 Å². The lowest BCUT2D eigenvalue weighted by Gasteiger charge is -2.33. The summed E-state index contributed by atoms with van der Waals surface area (Å²) < 4.78 is 48.7. The predicted molar refractivity (Wildman–Crippen MR) is 89.4 cm³/mol. The third-order valence-electron chi connectivity index (χ3n) is 4.58. The van der Waals surface area contributed by atoms with Gasteiger partial charge in [-0.3, -0.25) is 4.57 Å². The van der Waals surface area contributed by atoms with Crippen molar-refractivity contribution in [2.45, 2.75) is 37.4 Å². The predicted octanol–water partition coefficient (Wildman–Crippen LogP) is 2.78. The van der Waals surface area contributed by atoms with Crippen molar-refractivity contribution in [1.29, 1.82) is 0 Å². The Morgan fingerprint density at radius 2 is 1.76 bits per heavy atom. The second-order valence-electron chi connectivity index (χ2n) is 6.63. The first-order valence-corrected chi connectivity index (χ1v) is 10.0. The fourth-order valence-electron chi connectivity index (χ4n) is 3.15. The van der Waals surface area contributed by atoms with Crippen LogP contribution in [0.4, 0.5) is 13.2 Å². The van der Waals surface area contributed by atoms with Crippen molar-refractivity contribution in [2.75, 3.05) is 25.8 Å². The first-order valence-electron chi connectivity index (χ1n) is 8.24. The minimum absolute atomic E-state index is 0.212. The van der Waals surface area contributed by atoms with Gasteiger partial charge in [-0.25, -0.2) is 0 Å². The van der Waals surface area contributed by atoms with E-state index in [4.69, 9.17) is 15.5 Å². The number of halogens is 3. The molecule has 0 radical (unpaired) electrons. The standard InChI is InChI=1S/C16H24F3N2O3P/c17-16(18,19)14-3-1-12(2-4-14)13-5-8-21(9-6-13)11-15(20)7-10-25(22,23)24/h1-4,13,15H,5-11,20H2,(H2,22,23,24)/t15-/m0/s1. The fourth-order valence-corrected chi connectivity index (χ4v) is 3.82. The van der Waals surface area contributed by atoms with E-state index in [1.54, 1.807) is 12.1 Å². The normalized spacial score (nSPS) is 19.1. The maximum absolute atomic E-state index is 12.6. The number of hydrogen-bond acceptors (Lipinski definition) is 3. The monoisotopic (exact) mass is 380 g/mol. The fraction of sp³-hybridized carbons (Fsp3) is 0.625. The molecular weight excluding hydrogens is 356 g/mol. The highest BCUT2D eigenvalue weighted by atomic mass is 31.2. The largest absolute Gasteiger partial charge is 0.416 e. The van der Waals surface area contributed by atoms with Gasteiger partial charge in [-0.15, -0.1) is 0 Å². The second-order valence-corrected chi connectivity index (χ2v) is 8.41. The van der Waals surface area contributed by atoms with E-state index in [2.05, 4.69) is 4.90 Å². The van der Waals surface area contributed by atoms with Crippen LogP contribution in [0.2, 0.25) is 0 Å². The van der Waals surface area contributed by atoms with E-state index in [1.807, 2.05) is 0 Å². The van der Waals surface area contributed by atoms with E-state index in [1.165, 1.54) is 0 Å².